The molecule has 0 unspecified atom stereocenters. The van der Waals surface area contributed by atoms with E-state index >= 15 is 0 Å². The van der Waals surface area contributed by atoms with E-state index in [9.17, 15) is 4.79 Å². The monoisotopic (exact) mass is 274 g/mol. The zero-order valence-electron chi connectivity index (χ0n) is 11.8. The lowest BCUT2D eigenvalue weighted by atomic mass is 10.1. The first kappa shape index (κ1) is 14.1. The molecule has 1 heterocycles. The van der Waals surface area contributed by atoms with Crippen molar-refractivity contribution in [3.63, 3.8) is 0 Å². The van der Waals surface area contributed by atoms with Crippen LogP contribution in [0.2, 0.25) is 0 Å². The zero-order chi connectivity index (χ0) is 14.5. The Balaban J connectivity index is 2.28. The number of rotatable bonds is 5. The van der Waals surface area contributed by atoms with Crippen molar-refractivity contribution < 1.29 is 9.47 Å². The van der Waals surface area contributed by atoms with Crippen LogP contribution in [0.4, 0.5) is 0 Å². The molecule has 0 saturated heterocycles. The predicted molar refractivity (Wildman–Crippen MR) is 77.2 cm³/mol. The van der Waals surface area contributed by atoms with E-state index in [-0.39, 0.29) is 5.56 Å². The van der Waals surface area contributed by atoms with Crippen molar-refractivity contribution in [2.75, 3.05) is 13.7 Å². The Morgan fingerprint density at radius 1 is 1.20 bits per heavy atom. The Morgan fingerprint density at radius 3 is 2.60 bits per heavy atom. The van der Waals surface area contributed by atoms with Crippen molar-refractivity contribution in [3.05, 3.63) is 40.7 Å². The van der Waals surface area contributed by atoms with Gasteiger partial charge < -0.3 is 9.47 Å². The van der Waals surface area contributed by atoms with E-state index in [1.54, 1.807) is 13.2 Å². The van der Waals surface area contributed by atoms with Crippen molar-refractivity contribution in [2.45, 2.75) is 13.8 Å². The van der Waals surface area contributed by atoms with Crippen LogP contribution in [0.5, 0.6) is 11.5 Å². The van der Waals surface area contributed by atoms with Gasteiger partial charge in [0.05, 0.1) is 19.4 Å². The highest BCUT2D eigenvalue weighted by Crippen LogP contribution is 2.31. The van der Waals surface area contributed by atoms with Crippen LogP contribution in [-0.2, 0) is 0 Å². The molecule has 5 heteroatoms. The molecule has 0 bridgehead atoms. The SMILES string of the molecule is COc1cc(-c2ccc(=O)[nH]n2)ccc1OCC(C)C. The number of nitrogens with zero attached hydrogens (tertiary/aromatic N) is 1. The number of nitrogens with one attached hydrogen (secondary N) is 1. The summed E-state index contributed by atoms with van der Waals surface area (Å²) in [7, 11) is 1.60. The van der Waals surface area contributed by atoms with Crippen molar-refractivity contribution in [2.24, 2.45) is 5.92 Å². The van der Waals surface area contributed by atoms with Crippen molar-refractivity contribution in [1.29, 1.82) is 0 Å². The van der Waals surface area contributed by atoms with E-state index in [0.29, 0.717) is 29.7 Å². The second-order valence-corrected chi connectivity index (χ2v) is 4.88. The van der Waals surface area contributed by atoms with Gasteiger partial charge in [-0.05, 0) is 30.2 Å². The summed E-state index contributed by atoms with van der Waals surface area (Å²) in [6.45, 7) is 4.81. The standard InChI is InChI=1S/C15H18N2O3/c1-10(2)9-20-13-6-4-11(8-14(13)19-3)12-5-7-15(18)17-16-12/h4-8,10H,9H2,1-3H3,(H,17,18). The number of benzene rings is 1. The highest BCUT2D eigenvalue weighted by Gasteiger charge is 2.08. The second kappa shape index (κ2) is 6.23. The lowest BCUT2D eigenvalue weighted by molar-refractivity contribution is 0.257. The van der Waals surface area contributed by atoms with Crippen LogP contribution in [0, 0.1) is 5.92 Å². The molecule has 1 N–H and O–H groups in total. The van der Waals surface area contributed by atoms with E-state index in [1.165, 1.54) is 6.07 Å². The Hall–Kier alpha value is -2.30. The van der Waals surface area contributed by atoms with E-state index in [0.717, 1.165) is 5.56 Å². The Bertz CT molecular complexity index is 615. The minimum Gasteiger partial charge on any atom is -0.493 e. The molecule has 0 amide bonds. The van der Waals surface area contributed by atoms with Crippen LogP contribution in [0.3, 0.4) is 0 Å². The highest BCUT2D eigenvalue weighted by molar-refractivity contribution is 5.63. The molecule has 2 aromatic rings. The maximum absolute atomic E-state index is 11.0. The molecule has 0 aliphatic heterocycles. The minimum absolute atomic E-state index is 0.224. The third-order valence-electron chi connectivity index (χ3n) is 2.71. The van der Waals surface area contributed by atoms with Gasteiger partial charge in [-0.3, -0.25) is 4.79 Å². The molecule has 0 spiro atoms. The van der Waals surface area contributed by atoms with E-state index < -0.39 is 0 Å². The smallest absolute Gasteiger partial charge is 0.264 e. The first-order valence-corrected chi connectivity index (χ1v) is 6.47. The molecular formula is C15H18N2O3. The summed E-state index contributed by atoms with van der Waals surface area (Å²) in [5.41, 5.74) is 1.31. The number of H-pyrrole nitrogens is 1. The summed E-state index contributed by atoms with van der Waals surface area (Å²) < 4.78 is 11.0. The Morgan fingerprint density at radius 2 is 2.00 bits per heavy atom. The second-order valence-electron chi connectivity index (χ2n) is 4.88. The number of hydrogen-bond donors (Lipinski definition) is 1. The molecule has 0 aliphatic rings. The number of aromatic amines is 1. The van der Waals surface area contributed by atoms with Gasteiger partial charge in [0.15, 0.2) is 11.5 Å². The van der Waals surface area contributed by atoms with Crippen LogP contribution in [0.25, 0.3) is 11.3 Å². The van der Waals surface area contributed by atoms with Gasteiger partial charge in [-0.15, -0.1) is 0 Å². The number of methoxy groups -OCH3 is 1. The van der Waals surface area contributed by atoms with Crippen LogP contribution in [0.15, 0.2) is 35.1 Å². The van der Waals surface area contributed by atoms with E-state index in [2.05, 4.69) is 24.0 Å². The van der Waals surface area contributed by atoms with Crippen LogP contribution in [0.1, 0.15) is 13.8 Å². The van der Waals surface area contributed by atoms with Gasteiger partial charge in [-0.2, -0.15) is 5.10 Å². The molecule has 1 aromatic heterocycles. The molecule has 0 saturated carbocycles. The third-order valence-corrected chi connectivity index (χ3v) is 2.71. The van der Waals surface area contributed by atoms with Gasteiger partial charge in [0.25, 0.3) is 5.56 Å². The van der Waals surface area contributed by atoms with Gasteiger partial charge in [-0.25, -0.2) is 5.10 Å². The molecule has 106 valence electrons. The van der Waals surface area contributed by atoms with E-state index in [4.69, 9.17) is 9.47 Å². The highest BCUT2D eigenvalue weighted by atomic mass is 16.5. The van der Waals surface area contributed by atoms with Crippen LogP contribution < -0.4 is 15.0 Å². The number of aromatic nitrogens is 2. The lowest BCUT2D eigenvalue weighted by Gasteiger charge is -2.13. The topological polar surface area (TPSA) is 64.2 Å². The van der Waals surface area contributed by atoms with Crippen molar-refractivity contribution in [3.8, 4) is 22.8 Å². The molecule has 0 radical (unpaired) electrons. The molecule has 0 fully saturated rings. The summed E-state index contributed by atoms with van der Waals surface area (Å²) in [5, 5.41) is 6.41. The molecule has 2 rings (SSSR count). The summed E-state index contributed by atoms with van der Waals surface area (Å²) in [6, 6.07) is 8.69. The van der Waals surface area contributed by atoms with Crippen molar-refractivity contribution in [1.82, 2.24) is 10.2 Å². The summed E-state index contributed by atoms with van der Waals surface area (Å²) in [4.78, 5) is 11.0. The quantitative estimate of drug-likeness (QED) is 0.909. The number of ether oxygens (including phenoxy) is 2. The van der Waals surface area contributed by atoms with Gasteiger partial charge in [-0.1, -0.05) is 13.8 Å². The number of hydrogen-bond acceptors (Lipinski definition) is 4. The van der Waals surface area contributed by atoms with Gasteiger partial charge >= 0.3 is 0 Å². The first-order chi connectivity index (χ1) is 9.60. The fraction of sp³-hybridized carbons (Fsp3) is 0.333. The normalized spacial score (nSPS) is 10.6. The fourth-order valence-electron chi connectivity index (χ4n) is 1.71. The van der Waals surface area contributed by atoms with Crippen LogP contribution >= 0.6 is 0 Å². The van der Waals surface area contributed by atoms with Crippen LogP contribution in [-0.4, -0.2) is 23.9 Å². The van der Waals surface area contributed by atoms with Gasteiger partial charge in [0, 0.05) is 11.6 Å². The molecule has 0 atom stereocenters. The summed E-state index contributed by atoms with van der Waals surface area (Å²) in [6.07, 6.45) is 0. The van der Waals surface area contributed by atoms with Gasteiger partial charge in [0.2, 0.25) is 0 Å². The summed E-state index contributed by atoms with van der Waals surface area (Å²) >= 11 is 0. The fourth-order valence-corrected chi connectivity index (χ4v) is 1.71. The average Bonchev–Trinajstić information content (AvgIpc) is 2.45. The maximum Gasteiger partial charge on any atom is 0.264 e. The minimum atomic E-state index is -0.224. The molecule has 20 heavy (non-hydrogen) atoms. The first-order valence-electron chi connectivity index (χ1n) is 6.47. The lowest BCUT2D eigenvalue weighted by Crippen LogP contribution is -2.06. The molecule has 5 nitrogen and oxygen atoms in total. The van der Waals surface area contributed by atoms with Crippen molar-refractivity contribution >= 4 is 0 Å². The predicted octanol–water partition coefficient (Wildman–Crippen LogP) is 2.48. The average molecular weight is 274 g/mol. The van der Waals surface area contributed by atoms with Gasteiger partial charge in [0.1, 0.15) is 0 Å². The Kier molecular flexibility index (Phi) is 4.40. The largest absolute Gasteiger partial charge is 0.493 e. The maximum atomic E-state index is 11.0. The van der Waals surface area contributed by atoms with E-state index in [1.807, 2.05) is 18.2 Å². The Labute approximate surface area is 117 Å². The zero-order valence-corrected chi connectivity index (χ0v) is 11.8. The molecule has 0 aliphatic carbocycles. The molecular weight excluding hydrogens is 256 g/mol. The third kappa shape index (κ3) is 3.38. The summed E-state index contributed by atoms with van der Waals surface area (Å²) in [5.74, 6) is 1.80. The molecule has 1 aromatic carbocycles.